The minimum absolute atomic E-state index is 0.295. The minimum atomic E-state index is -0.335. The Labute approximate surface area is 201 Å². The van der Waals surface area contributed by atoms with Gasteiger partial charge in [0.1, 0.15) is 11.6 Å². The van der Waals surface area contributed by atoms with E-state index in [4.69, 9.17) is 11.6 Å². The number of hydrogen-bond acceptors (Lipinski definition) is 7. The van der Waals surface area contributed by atoms with E-state index in [-0.39, 0.29) is 5.82 Å². The van der Waals surface area contributed by atoms with Gasteiger partial charge in [0.15, 0.2) is 11.5 Å². The normalized spacial score (nSPS) is 11.1. The molecule has 0 amide bonds. The van der Waals surface area contributed by atoms with Gasteiger partial charge >= 0.3 is 0 Å². The van der Waals surface area contributed by atoms with Gasteiger partial charge in [-0.05, 0) is 44.3 Å². The van der Waals surface area contributed by atoms with E-state index in [0.29, 0.717) is 35.1 Å². The van der Waals surface area contributed by atoms with Gasteiger partial charge < -0.3 is 11.1 Å². The van der Waals surface area contributed by atoms with Gasteiger partial charge in [-0.2, -0.15) is 9.61 Å². The maximum Gasteiger partial charge on any atom is 0.172 e. The molecule has 32 heavy (non-hydrogen) atoms. The van der Waals surface area contributed by atoms with Crippen molar-refractivity contribution in [1.29, 1.82) is 0 Å². The molecule has 0 bridgehead atoms. The van der Waals surface area contributed by atoms with Gasteiger partial charge in [-0.1, -0.05) is 48.2 Å². The van der Waals surface area contributed by atoms with Gasteiger partial charge in [0.25, 0.3) is 0 Å². The number of hydrazine groups is 1. The summed E-state index contributed by atoms with van der Waals surface area (Å²) in [5.74, 6) is 5.79. The SMILES string of the molecule is NN/N=C(\N)c1ccc(CNc2cc(-c3ccccc3F)nc3c(Br)cnn23)cc1.SCl. The number of fused-ring (bicyclic) bond motifs is 1. The summed E-state index contributed by atoms with van der Waals surface area (Å²) in [5, 5.41) is 11.4. The van der Waals surface area contributed by atoms with E-state index in [0.717, 1.165) is 15.6 Å². The van der Waals surface area contributed by atoms with E-state index in [1.165, 1.54) is 6.07 Å². The van der Waals surface area contributed by atoms with Crippen LogP contribution in [0.15, 0.2) is 70.4 Å². The van der Waals surface area contributed by atoms with Crippen molar-refractivity contribution in [2.45, 2.75) is 6.54 Å². The molecule has 0 fully saturated rings. The number of thiol groups is 1. The molecule has 0 unspecified atom stereocenters. The molecule has 0 aliphatic carbocycles. The molecule has 0 aliphatic rings. The van der Waals surface area contributed by atoms with Crippen LogP contribution in [0.25, 0.3) is 16.9 Å². The van der Waals surface area contributed by atoms with Crippen LogP contribution < -0.4 is 22.4 Å². The average molecular weight is 538 g/mol. The molecule has 0 aliphatic heterocycles. The van der Waals surface area contributed by atoms with E-state index in [2.05, 4.69) is 64.5 Å². The lowest BCUT2D eigenvalue weighted by Crippen LogP contribution is -2.22. The van der Waals surface area contributed by atoms with Crippen LogP contribution >= 0.6 is 38.5 Å². The highest BCUT2D eigenvalue weighted by atomic mass is 79.9. The Morgan fingerprint density at radius 1 is 1.19 bits per heavy atom. The van der Waals surface area contributed by atoms with Crippen LogP contribution in [-0.2, 0) is 6.54 Å². The number of nitrogens with two attached hydrogens (primary N) is 2. The first-order chi connectivity index (χ1) is 15.6. The van der Waals surface area contributed by atoms with Crippen LogP contribution in [0.3, 0.4) is 0 Å². The zero-order valence-corrected chi connectivity index (χ0v) is 19.7. The maximum atomic E-state index is 14.3. The number of nitrogens with one attached hydrogen (secondary N) is 2. The first-order valence-electron chi connectivity index (χ1n) is 9.15. The van der Waals surface area contributed by atoms with Crippen LogP contribution in [0.5, 0.6) is 0 Å². The fourth-order valence-electron chi connectivity index (χ4n) is 2.99. The number of benzene rings is 2. The van der Waals surface area contributed by atoms with Gasteiger partial charge in [0.05, 0.1) is 16.4 Å². The van der Waals surface area contributed by atoms with Crippen molar-refractivity contribution >= 4 is 55.8 Å². The molecule has 0 saturated heterocycles. The quantitative estimate of drug-likeness (QED) is 0.0832. The Morgan fingerprint density at radius 3 is 2.59 bits per heavy atom. The van der Waals surface area contributed by atoms with Gasteiger partial charge in [-0.25, -0.2) is 20.8 Å². The summed E-state index contributed by atoms with van der Waals surface area (Å²) >= 11 is 6.45. The number of rotatable bonds is 6. The molecule has 4 aromatic rings. The van der Waals surface area contributed by atoms with E-state index in [1.54, 1.807) is 35.0 Å². The summed E-state index contributed by atoms with van der Waals surface area (Å²) < 4.78 is 16.7. The molecule has 2 aromatic carbocycles. The zero-order valence-electron chi connectivity index (χ0n) is 16.5. The van der Waals surface area contributed by atoms with Crippen LogP contribution in [0.2, 0.25) is 0 Å². The van der Waals surface area contributed by atoms with Crippen LogP contribution in [0, 0.1) is 5.82 Å². The second-order valence-electron chi connectivity index (χ2n) is 6.41. The second-order valence-corrected chi connectivity index (χ2v) is 7.27. The fourth-order valence-corrected chi connectivity index (χ4v) is 3.34. The Bertz CT molecular complexity index is 1230. The largest absolute Gasteiger partial charge is 0.382 e. The van der Waals surface area contributed by atoms with Crippen LogP contribution in [0.4, 0.5) is 10.2 Å². The zero-order chi connectivity index (χ0) is 23.1. The van der Waals surface area contributed by atoms with Crippen LogP contribution in [0.1, 0.15) is 11.1 Å². The Kier molecular flexibility index (Phi) is 8.28. The topological polar surface area (TPSA) is 119 Å². The Morgan fingerprint density at radius 2 is 1.91 bits per heavy atom. The van der Waals surface area contributed by atoms with Crippen LogP contribution in [-0.4, -0.2) is 20.4 Å². The van der Waals surface area contributed by atoms with Crippen molar-refractivity contribution < 1.29 is 4.39 Å². The minimum Gasteiger partial charge on any atom is -0.382 e. The molecule has 2 aromatic heterocycles. The van der Waals surface area contributed by atoms with Gasteiger partial charge in [0, 0.05) is 23.7 Å². The monoisotopic (exact) mass is 536 g/mol. The van der Waals surface area contributed by atoms with Gasteiger partial charge in [-0.3, -0.25) is 0 Å². The fraction of sp³-hybridized carbons (Fsp3) is 0.0500. The molecule has 0 radical (unpaired) electrons. The molecule has 12 heteroatoms. The van der Waals surface area contributed by atoms with E-state index >= 15 is 0 Å². The van der Waals surface area contributed by atoms with Crippen molar-refractivity contribution in [3.8, 4) is 11.3 Å². The number of halogens is 3. The molecule has 2 heterocycles. The standard InChI is InChI=1S/C20H18BrFN8.ClHS/c21-15-11-26-30-18(9-17(27-20(15)30)14-3-1-2-4-16(14)22)25-10-12-5-7-13(8-6-12)19(23)28-29-24;1-2/h1-9,11,25,29H,10,24H2,(H2,23,28);2H. The third-order valence-corrected chi connectivity index (χ3v) is 5.05. The number of hydrogen-bond donors (Lipinski definition) is 5. The first-order valence-corrected chi connectivity index (χ1v) is 11.3. The second kappa shape index (κ2) is 11.1. The third kappa shape index (κ3) is 5.30. The molecular weight excluding hydrogens is 519 g/mol. The lowest BCUT2D eigenvalue weighted by Gasteiger charge is -2.12. The summed E-state index contributed by atoms with van der Waals surface area (Å²) in [4.78, 5) is 4.56. The summed E-state index contributed by atoms with van der Waals surface area (Å²) in [6.07, 6.45) is 1.65. The lowest BCUT2D eigenvalue weighted by atomic mass is 10.1. The number of hydrazone groups is 1. The Balaban J connectivity index is 0.00000141. The molecule has 166 valence electrons. The maximum absolute atomic E-state index is 14.3. The van der Waals surface area contributed by atoms with Gasteiger partial charge in [0.2, 0.25) is 0 Å². The van der Waals surface area contributed by atoms with E-state index in [1.807, 2.05) is 24.3 Å². The molecule has 0 saturated carbocycles. The van der Waals surface area contributed by atoms with Crippen molar-refractivity contribution in [2.24, 2.45) is 16.7 Å². The molecular formula is C20H19BrClFN8S. The molecule has 4 rings (SSSR count). The number of anilines is 1. The number of aromatic nitrogens is 3. The highest BCUT2D eigenvalue weighted by molar-refractivity contribution is 9.10. The summed E-state index contributed by atoms with van der Waals surface area (Å²) in [6.45, 7) is 0.514. The predicted octanol–water partition coefficient (Wildman–Crippen LogP) is 4.06. The predicted molar refractivity (Wildman–Crippen MR) is 133 cm³/mol. The summed E-state index contributed by atoms with van der Waals surface area (Å²) in [7, 11) is 4.33. The molecule has 8 nitrogen and oxygen atoms in total. The molecule has 0 atom stereocenters. The number of amidine groups is 1. The van der Waals surface area contributed by atoms with Crippen molar-refractivity contribution in [3.05, 3.63) is 82.2 Å². The third-order valence-electron chi connectivity index (χ3n) is 4.49. The van der Waals surface area contributed by atoms with E-state index in [9.17, 15) is 4.39 Å². The number of nitrogens with zero attached hydrogens (tertiary/aromatic N) is 4. The highest BCUT2D eigenvalue weighted by Crippen LogP contribution is 2.27. The Hall–Kier alpha value is -2.86. The van der Waals surface area contributed by atoms with Crippen molar-refractivity contribution in [2.75, 3.05) is 5.32 Å². The van der Waals surface area contributed by atoms with Crippen molar-refractivity contribution in [1.82, 2.24) is 20.1 Å². The molecule has 0 spiro atoms. The van der Waals surface area contributed by atoms with E-state index < -0.39 is 0 Å². The average Bonchev–Trinajstić information content (AvgIpc) is 3.20. The smallest absolute Gasteiger partial charge is 0.172 e. The van der Waals surface area contributed by atoms with Gasteiger partial charge in [-0.15, -0.1) is 5.10 Å². The van der Waals surface area contributed by atoms with Crippen molar-refractivity contribution in [3.63, 3.8) is 0 Å². The first kappa shape index (κ1) is 23.8. The lowest BCUT2D eigenvalue weighted by molar-refractivity contribution is 0.630. The molecule has 6 N–H and O–H groups in total. The summed E-state index contributed by atoms with van der Waals surface area (Å²) in [5.41, 5.74) is 11.3. The highest BCUT2D eigenvalue weighted by Gasteiger charge is 2.13. The summed E-state index contributed by atoms with van der Waals surface area (Å²) in [6, 6.07) is 15.9.